The Balaban J connectivity index is 1.77. The summed E-state index contributed by atoms with van der Waals surface area (Å²) in [5.41, 5.74) is 0.948. The van der Waals surface area contributed by atoms with E-state index >= 15 is 0 Å². The molecule has 1 unspecified atom stereocenters. The van der Waals surface area contributed by atoms with Gasteiger partial charge in [0.15, 0.2) is 0 Å². The predicted octanol–water partition coefficient (Wildman–Crippen LogP) is 4.16. The van der Waals surface area contributed by atoms with E-state index in [0.29, 0.717) is 6.10 Å². The molecule has 0 saturated carbocycles. The zero-order valence-electron chi connectivity index (χ0n) is 9.93. The number of ether oxygens (including phenoxy) is 1. The maximum absolute atomic E-state index is 6.18. The second-order valence-corrected chi connectivity index (χ2v) is 5.92. The zero-order valence-corrected chi connectivity index (χ0v) is 11.5. The molecule has 1 fully saturated rings. The fourth-order valence-corrected chi connectivity index (χ4v) is 3.36. The van der Waals surface area contributed by atoms with Crippen LogP contribution in [0.25, 0.3) is 10.9 Å². The summed E-state index contributed by atoms with van der Waals surface area (Å²) >= 11 is 8.01. The molecule has 18 heavy (non-hydrogen) atoms. The highest BCUT2D eigenvalue weighted by Gasteiger charge is 2.15. The first-order valence-corrected chi connectivity index (χ1v) is 7.48. The molecule has 4 heteroatoms. The minimum Gasteiger partial charge on any atom is -0.377 e. The van der Waals surface area contributed by atoms with Gasteiger partial charge in [-0.15, -0.1) is 11.8 Å². The SMILES string of the molecule is Clc1ccnc2ccc(SCC3CCCO3)cc12. The van der Waals surface area contributed by atoms with Gasteiger partial charge in [0.2, 0.25) is 0 Å². The molecule has 2 heterocycles. The van der Waals surface area contributed by atoms with E-state index in [0.717, 1.165) is 28.3 Å². The van der Waals surface area contributed by atoms with E-state index in [1.165, 1.54) is 17.7 Å². The summed E-state index contributed by atoms with van der Waals surface area (Å²) in [5.74, 6) is 1.02. The largest absolute Gasteiger partial charge is 0.377 e. The Morgan fingerprint density at radius 3 is 3.17 bits per heavy atom. The third-order valence-corrected chi connectivity index (χ3v) is 4.57. The first kappa shape index (κ1) is 12.3. The van der Waals surface area contributed by atoms with Crippen molar-refractivity contribution in [2.45, 2.75) is 23.8 Å². The van der Waals surface area contributed by atoms with Crippen LogP contribution in [-0.2, 0) is 4.74 Å². The highest BCUT2D eigenvalue weighted by Crippen LogP contribution is 2.29. The van der Waals surface area contributed by atoms with Crippen molar-refractivity contribution < 1.29 is 4.74 Å². The third kappa shape index (κ3) is 2.63. The van der Waals surface area contributed by atoms with Crippen LogP contribution in [0.2, 0.25) is 5.02 Å². The van der Waals surface area contributed by atoms with Gasteiger partial charge in [-0.05, 0) is 37.1 Å². The maximum atomic E-state index is 6.18. The number of aromatic nitrogens is 1. The molecule has 1 aromatic heterocycles. The van der Waals surface area contributed by atoms with Crippen molar-refractivity contribution >= 4 is 34.3 Å². The van der Waals surface area contributed by atoms with Crippen LogP contribution < -0.4 is 0 Å². The number of fused-ring (bicyclic) bond motifs is 1. The van der Waals surface area contributed by atoms with Crippen LogP contribution in [0.1, 0.15) is 12.8 Å². The molecule has 1 aromatic carbocycles. The molecule has 1 aliphatic heterocycles. The van der Waals surface area contributed by atoms with Gasteiger partial charge in [-0.1, -0.05) is 11.6 Å². The number of benzene rings is 1. The fraction of sp³-hybridized carbons (Fsp3) is 0.357. The first-order valence-electron chi connectivity index (χ1n) is 6.11. The van der Waals surface area contributed by atoms with Crippen molar-refractivity contribution in [3.63, 3.8) is 0 Å². The van der Waals surface area contributed by atoms with E-state index in [4.69, 9.17) is 16.3 Å². The Labute approximate surface area is 116 Å². The van der Waals surface area contributed by atoms with Gasteiger partial charge in [0.1, 0.15) is 0 Å². The third-order valence-electron chi connectivity index (χ3n) is 3.12. The number of nitrogens with zero attached hydrogens (tertiary/aromatic N) is 1. The molecule has 0 amide bonds. The maximum Gasteiger partial charge on any atom is 0.0717 e. The number of hydrogen-bond acceptors (Lipinski definition) is 3. The van der Waals surface area contributed by atoms with E-state index in [2.05, 4.69) is 17.1 Å². The van der Waals surface area contributed by atoms with Crippen molar-refractivity contribution in [2.75, 3.05) is 12.4 Å². The lowest BCUT2D eigenvalue weighted by atomic mass is 10.2. The van der Waals surface area contributed by atoms with Crippen LogP contribution >= 0.6 is 23.4 Å². The van der Waals surface area contributed by atoms with Gasteiger partial charge in [0.05, 0.1) is 16.6 Å². The molecule has 1 aliphatic rings. The van der Waals surface area contributed by atoms with Gasteiger partial charge < -0.3 is 4.74 Å². The molecule has 0 radical (unpaired) electrons. The molecular weight excluding hydrogens is 266 g/mol. The summed E-state index contributed by atoms with van der Waals surface area (Å²) in [4.78, 5) is 5.53. The van der Waals surface area contributed by atoms with Gasteiger partial charge >= 0.3 is 0 Å². The second-order valence-electron chi connectivity index (χ2n) is 4.42. The lowest BCUT2D eigenvalue weighted by molar-refractivity contribution is 0.129. The number of hydrogen-bond donors (Lipinski definition) is 0. The van der Waals surface area contributed by atoms with Crippen molar-refractivity contribution in [1.82, 2.24) is 4.98 Å². The topological polar surface area (TPSA) is 22.1 Å². The summed E-state index contributed by atoms with van der Waals surface area (Å²) in [5, 5.41) is 1.79. The Morgan fingerprint density at radius 2 is 2.33 bits per heavy atom. The molecule has 2 nitrogen and oxygen atoms in total. The smallest absolute Gasteiger partial charge is 0.0717 e. The fourth-order valence-electron chi connectivity index (χ4n) is 2.15. The standard InChI is InChI=1S/C14H14ClNOS/c15-13-5-6-16-14-4-3-11(8-12(13)14)18-9-10-2-1-7-17-10/h3-6,8,10H,1-2,7,9H2. The molecule has 0 N–H and O–H groups in total. The normalized spacial score (nSPS) is 19.5. The van der Waals surface area contributed by atoms with Crippen LogP contribution in [0.4, 0.5) is 0 Å². The molecule has 0 bridgehead atoms. The van der Waals surface area contributed by atoms with Gasteiger partial charge in [-0.3, -0.25) is 4.98 Å². The van der Waals surface area contributed by atoms with E-state index < -0.39 is 0 Å². The quantitative estimate of drug-likeness (QED) is 0.788. The van der Waals surface area contributed by atoms with E-state index in [1.54, 1.807) is 6.20 Å². The number of rotatable bonds is 3. The van der Waals surface area contributed by atoms with Gasteiger partial charge in [0.25, 0.3) is 0 Å². The van der Waals surface area contributed by atoms with E-state index in [-0.39, 0.29) is 0 Å². The minimum absolute atomic E-state index is 0.412. The Kier molecular flexibility index (Phi) is 3.73. The molecule has 94 valence electrons. The minimum atomic E-state index is 0.412. The van der Waals surface area contributed by atoms with Gasteiger partial charge in [-0.2, -0.15) is 0 Å². The van der Waals surface area contributed by atoms with Gasteiger partial charge in [-0.25, -0.2) is 0 Å². The van der Waals surface area contributed by atoms with Crippen molar-refractivity contribution in [1.29, 1.82) is 0 Å². The van der Waals surface area contributed by atoms with Gasteiger partial charge in [0, 0.05) is 28.8 Å². The van der Waals surface area contributed by atoms with Crippen LogP contribution in [-0.4, -0.2) is 23.4 Å². The van der Waals surface area contributed by atoms with Crippen LogP contribution in [0.5, 0.6) is 0 Å². The molecule has 0 aliphatic carbocycles. The van der Waals surface area contributed by atoms with Crippen LogP contribution in [0.15, 0.2) is 35.4 Å². The predicted molar refractivity (Wildman–Crippen MR) is 76.5 cm³/mol. The van der Waals surface area contributed by atoms with Crippen LogP contribution in [0, 0.1) is 0 Å². The van der Waals surface area contributed by atoms with E-state index in [1.807, 2.05) is 23.9 Å². The average Bonchev–Trinajstić information content (AvgIpc) is 2.90. The van der Waals surface area contributed by atoms with Crippen molar-refractivity contribution in [3.05, 3.63) is 35.5 Å². The van der Waals surface area contributed by atoms with Crippen molar-refractivity contribution in [2.24, 2.45) is 0 Å². The number of thioether (sulfide) groups is 1. The molecule has 2 aromatic rings. The Hall–Kier alpha value is -0.770. The number of halogens is 1. The van der Waals surface area contributed by atoms with E-state index in [9.17, 15) is 0 Å². The molecule has 0 spiro atoms. The summed E-state index contributed by atoms with van der Waals surface area (Å²) in [6.45, 7) is 0.915. The Bertz CT molecular complexity index is 554. The Morgan fingerprint density at radius 1 is 1.39 bits per heavy atom. The lowest BCUT2D eigenvalue weighted by Crippen LogP contribution is -2.07. The monoisotopic (exact) mass is 279 g/mol. The highest BCUT2D eigenvalue weighted by atomic mass is 35.5. The zero-order chi connectivity index (χ0) is 12.4. The summed E-state index contributed by atoms with van der Waals surface area (Å²) < 4.78 is 5.63. The first-order chi connectivity index (χ1) is 8.83. The lowest BCUT2D eigenvalue weighted by Gasteiger charge is -2.09. The molecule has 3 rings (SSSR count). The molecule has 1 atom stereocenters. The van der Waals surface area contributed by atoms with Crippen molar-refractivity contribution in [3.8, 4) is 0 Å². The second kappa shape index (κ2) is 5.47. The molecule has 1 saturated heterocycles. The highest BCUT2D eigenvalue weighted by molar-refractivity contribution is 7.99. The average molecular weight is 280 g/mol. The number of pyridine rings is 1. The molecular formula is C14H14ClNOS. The summed E-state index contributed by atoms with van der Waals surface area (Å²) in [7, 11) is 0. The van der Waals surface area contributed by atoms with Crippen LogP contribution in [0.3, 0.4) is 0 Å². The summed E-state index contributed by atoms with van der Waals surface area (Å²) in [6, 6.07) is 8.08. The summed E-state index contributed by atoms with van der Waals surface area (Å²) in [6.07, 6.45) is 4.53.